The number of piperidine rings is 1. The van der Waals surface area contributed by atoms with Gasteiger partial charge in [0.05, 0.1) is 5.25 Å². The molecule has 2 bridgehead atoms. The number of carbonyl (C=O) groups excluding carboxylic acids is 1. The van der Waals surface area contributed by atoms with E-state index in [1.165, 1.54) is 12.3 Å². The van der Waals surface area contributed by atoms with Crippen molar-refractivity contribution in [3.63, 3.8) is 0 Å². The van der Waals surface area contributed by atoms with E-state index in [-0.39, 0.29) is 23.2 Å². The Bertz CT molecular complexity index is 698. The molecule has 0 N–H and O–H groups in total. The van der Waals surface area contributed by atoms with E-state index >= 15 is 0 Å². The van der Waals surface area contributed by atoms with Crippen LogP contribution in [0, 0.1) is 0 Å². The molecule has 2 aliphatic rings. The Morgan fingerprint density at radius 3 is 2.33 bits per heavy atom. The summed E-state index contributed by atoms with van der Waals surface area (Å²) in [7, 11) is -3.46. The predicted octanol–water partition coefficient (Wildman–Crippen LogP) is 2.79. The van der Waals surface area contributed by atoms with E-state index < -0.39 is 20.7 Å². The van der Waals surface area contributed by atoms with Gasteiger partial charge in [-0.3, -0.25) is 0 Å². The van der Waals surface area contributed by atoms with Crippen LogP contribution < -0.4 is 0 Å². The van der Waals surface area contributed by atoms with Crippen LogP contribution in [0.25, 0.3) is 0 Å². The highest BCUT2D eigenvalue weighted by atomic mass is 32.2. The molecule has 6 nitrogen and oxygen atoms in total. The van der Waals surface area contributed by atoms with Gasteiger partial charge in [-0.25, -0.2) is 18.2 Å². The molecule has 3 heterocycles. The highest BCUT2D eigenvalue weighted by Gasteiger charge is 2.48. The van der Waals surface area contributed by atoms with Crippen molar-refractivity contribution in [2.24, 2.45) is 0 Å². The lowest BCUT2D eigenvalue weighted by molar-refractivity contribution is 0.00813. The Morgan fingerprint density at radius 2 is 1.83 bits per heavy atom. The standard InChI is InChI=1S/C17H24N2O4S/c1-17(2,3)23-16(20)19-12-7-8-13(19)11-14(10-12)24(21,22)15-6-4-5-9-18-15/h4-6,9,12-14H,7-8,10-11H2,1-3H3/t12-,13+,14?. The van der Waals surface area contributed by atoms with E-state index in [4.69, 9.17) is 4.74 Å². The zero-order chi connectivity index (χ0) is 17.5. The SMILES string of the molecule is CC(C)(C)OC(=O)N1[C@@H]2CC[C@H]1CC(S(=O)(=O)c1ccccn1)C2. The van der Waals surface area contributed by atoms with Crippen molar-refractivity contribution in [1.82, 2.24) is 9.88 Å². The van der Waals surface area contributed by atoms with Gasteiger partial charge in [-0.15, -0.1) is 0 Å². The molecule has 1 unspecified atom stereocenters. The number of pyridine rings is 1. The van der Waals surface area contributed by atoms with Crippen molar-refractivity contribution in [1.29, 1.82) is 0 Å². The Kier molecular flexibility index (Phi) is 4.32. The molecular formula is C17H24N2O4S. The Hall–Kier alpha value is -1.63. The second-order valence-electron chi connectivity index (χ2n) is 7.58. The van der Waals surface area contributed by atoms with E-state index in [0.717, 1.165) is 12.8 Å². The van der Waals surface area contributed by atoms with Crippen LogP contribution in [0.1, 0.15) is 46.5 Å². The van der Waals surface area contributed by atoms with Gasteiger partial charge in [0.15, 0.2) is 14.9 Å². The summed E-state index contributed by atoms with van der Waals surface area (Å²) in [6.07, 6.45) is 3.74. The summed E-state index contributed by atoms with van der Waals surface area (Å²) in [5, 5.41) is -0.358. The number of hydrogen-bond acceptors (Lipinski definition) is 5. The molecule has 132 valence electrons. The number of aromatic nitrogens is 1. The summed E-state index contributed by atoms with van der Waals surface area (Å²) < 4.78 is 31.1. The molecule has 1 amide bonds. The van der Waals surface area contributed by atoms with Crippen LogP contribution in [0.15, 0.2) is 29.4 Å². The molecule has 0 radical (unpaired) electrons. The first-order valence-electron chi connectivity index (χ1n) is 8.35. The number of amides is 1. The maximum atomic E-state index is 12.8. The molecule has 1 aromatic heterocycles. The van der Waals surface area contributed by atoms with Crippen LogP contribution in [0.3, 0.4) is 0 Å². The van der Waals surface area contributed by atoms with E-state index in [1.807, 2.05) is 20.8 Å². The van der Waals surface area contributed by atoms with Gasteiger partial charge < -0.3 is 9.64 Å². The van der Waals surface area contributed by atoms with Crippen LogP contribution in [0.5, 0.6) is 0 Å². The fraction of sp³-hybridized carbons (Fsp3) is 0.647. The molecule has 2 saturated heterocycles. The number of carbonyl (C=O) groups is 1. The highest BCUT2D eigenvalue weighted by molar-refractivity contribution is 7.92. The number of rotatable bonds is 2. The van der Waals surface area contributed by atoms with E-state index in [2.05, 4.69) is 4.98 Å². The first-order chi connectivity index (χ1) is 11.2. The average molecular weight is 352 g/mol. The number of nitrogens with zero attached hydrogens (tertiary/aromatic N) is 2. The molecular weight excluding hydrogens is 328 g/mol. The topological polar surface area (TPSA) is 76.6 Å². The largest absolute Gasteiger partial charge is 0.444 e. The third-order valence-electron chi connectivity index (χ3n) is 4.66. The second-order valence-corrected chi connectivity index (χ2v) is 9.75. The van der Waals surface area contributed by atoms with Gasteiger partial charge in [0.1, 0.15) is 5.60 Å². The zero-order valence-corrected chi connectivity index (χ0v) is 15.1. The molecule has 3 rings (SSSR count). The van der Waals surface area contributed by atoms with E-state index in [9.17, 15) is 13.2 Å². The minimum Gasteiger partial charge on any atom is -0.444 e. The molecule has 3 atom stereocenters. The van der Waals surface area contributed by atoms with Crippen molar-refractivity contribution >= 4 is 15.9 Å². The molecule has 0 spiro atoms. The van der Waals surface area contributed by atoms with Crippen molar-refractivity contribution < 1.29 is 17.9 Å². The first kappa shape index (κ1) is 17.2. The minimum atomic E-state index is -3.46. The van der Waals surface area contributed by atoms with E-state index in [1.54, 1.807) is 17.0 Å². The smallest absolute Gasteiger partial charge is 0.410 e. The van der Waals surface area contributed by atoms with Gasteiger partial charge >= 0.3 is 6.09 Å². The van der Waals surface area contributed by atoms with Crippen LogP contribution in [0.4, 0.5) is 4.79 Å². The molecule has 1 aromatic rings. The van der Waals surface area contributed by atoms with Crippen LogP contribution >= 0.6 is 0 Å². The van der Waals surface area contributed by atoms with Gasteiger partial charge in [0.25, 0.3) is 0 Å². The zero-order valence-electron chi connectivity index (χ0n) is 14.3. The van der Waals surface area contributed by atoms with Crippen LogP contribution in [-0.2, 0) is 14.6 Å². The van der Waals surface area contributed by atoms with Crippen LogP contribution in [0.2, 0.25) is 0 Å². The Morgan fingerprint density at radius 1 is 1.21 bits per heavy atom. The molecule has 7 heteroatoms. The van der Waals surface area contributed by atoms with Crippen molar-refractivity contribution in [2.45, 2.75) is 74.4 Å². The summed E-state index contributed by atoms with van der Waals surface area (Å²) in [5.74, 6) is 0. The van der Waals surface area contributed by atoms with Gasteiger partial charge in [-0.1, -0.05) is 6.07 Å². The Labute approximate surface area is 143 Å². The maximum absolute atomic E-state index is 12.8. The van der Waals surface area contributed by atoms with Gasteiger partial charge in [-0.2, -0.15) is 0 Å². The normalized spacial score (nSPS) is 27.1. The maximum Gasteiger partial charge on any atom is 0.410 e. The van der Waals surface area contributed by atoms with Gasteiger partial charge in [0.2, 0.25) is 0 Å². The molecule has 2 aliphatic heterocycles. The number of ether oxygens (including phenoxy) is 1. The average Bonchev–Trinajstić information content (AvgIpc) is 2.77. The van der Waals surface area contributed by atoms with Gasteiger partial charge in [-0.05, 0) is 58.6 Å². The molecule has 0 aromatic carbocycles. The Balaban J connectivity index is 1.77. The van der Waals surface area contributed by atoms with E-state index in [0.29, 0.717) is 12.8 Å². The number of hydrogen-bond donors (Lipinski definition) is 0. The minimum absolute atomic E-state index is 0.0675. The summed E-state index contributed by atoms with van der Waals surface area (Å²) in [6.45, 7) is 5.52. The third kappa shape index (κ3) is 3.27. The summed E-state index contributed by atoms with van der Waals surface area (Å²) in [5.41, 5.74) is -0.548. The summed E-state index contributed by atoms with van der Waals surface area (Å²) in [6, 6.07) is 4.79. The van der Waals surface area contributed by atoms with Gasteiger partial charge in [0, 0.05) is 18.3 Å². The number of fused-ring (bicyclic) bond motifs is 2. The monoisotopic (exact) mass is 352 g/mol. The van der Waals surface area contributed by atoms with Crippen LogP contribution in [-0.4, -0.2) is 47.3 Å². The van der Waals surface area contributed by atoms with Crippen molar-refractivity contribution in [2.75, 3.05) is 0 Å². The first-order valence-corrected chi connectivity index (χ1v) is 9.89. The lowest BCUT2D eigenvalue weighted by Gasteiger charge is -2.39. The molecule has 0 saturated carbocycles. The lowest BCUT2D eigenvalue weighted by Crippen LogP contribution is -2.51. The quantitative estimate of drug-likeness (QED) is 0.818. The fourth-order valence-corrected chi connectivity index (χ4v) is 5.45. The number of sulfone groups is 1. The highest BCUT2D eigenvalue weighted by Crippen LogP contribution is 2.40. The summed E-state index contributed by atoms with van der Waals surface area (Å²) in [4.78, 5) is 18.2. The van der Waals surface area contributed by atoms with Crippen molar-refractivity contribution in [3.05, 3.63) is 24.4 Å². The molecule has 24 heavy (non-hydrogen) atoms. The predicted molar refractivity (Wildman–Crippen MR) is 89.3 cm³/mol. The third-order valence-corrected chi connectivity index (χ3v) is 6.75. The summed E-state index contributed by atoms with van der Waals surface area (Å²) >= 11 is 0. The molecule has 0 aliphatic carbocycles. The molecule has 2 fully saturated rings. The fourth-order valence-electron chi connectivity index (χ4n) is 3.68. The van der Waals surface area contributed by atoms with Crippen molar-refractivity contribution in [3.8, 4) is 0 Å². The lowest BCUT2D eigenvalue weighted by atomic mass is 10.0. The second kappa shape index (κ2) is 6.02.